The Morgan fingerprint density at radius 2 is 2.19 bits per heavy atom. The predicted octanol–water partition coefficient (Wildman–Crippen LogP) is 2.07. The molecule has 1 rings (SSSR count). The van der Waals surface area contributed by atoms with E-state index in [9.17, 15) is 13.2 Å². The van der Waals surface area contributed by atoms with Gasteiger partial charge in [-0.05, 0) is 22.0 Å². The monoisotopic (exact) mass is 295 g/mol. The molecule has 0 aliphatic heterocycles. The Bertz CT molecular complexity index is 441. The third-order valence-corrected chi connectivity index (χ3v) is 2.11. The molecule has 0 saturated heterocycles. The van der Waals surface area contributed by atoms with Gasteiger partial charge >= 0.3 is 6.36 Å². The van der Waals surface area contributed by atoms with Crippen LogP contribution in [0.25, 0.3) is 0 Å². The molecule has 1 heterocycles. The summed E-state index contributed by atoms with van der Waals surface area (Å²) >= 11 is 2.86. The lowest BCUT2D eigenvalue weighted by Gasteiger charge is -2.13. The Morgan fingerprint density at radius 3 is 2.62 bits per heavy atom. The van der Waals surface area contributed by atoms with Gasteiger partial charge in [-0.25, -0.2) is 4.98 Å². The smallest absolute Gasteiger partial charge is 0.403 e. The molecule has 0 bridgehead atoms. The summed E-state index contributed by atoms with van der Waals surface area (Å²) in [7, 11) is 0. The standard InChI is InChI=1S/C8H5BrF3N3O/c9-5-1-4(2-13)15-6(3-14)7(5)16-8(10,11)12/h1H,3,14H2. The van der Waals surface area contributed by atoms with Crippen LogP contribution < -0.4 is 10.5 Å². The van der Waals surface area contributed by atoms with Crippen LogP contribution in [0.1, 0.15) is 11.4 Å². The van der Waals surface area contributed by atoms with Gasteiger partial charge < -0.3 is 10.5 Å². The zero-order chi connectivity index (χ0) is 12.3. The highest BCUT2D eigenvalue weighted by Crippen LogP contribution is 2.33. The van der Waals surface area contributed by atoms with Crippen LogP contribution in [0.3, 0.4) is 0 Å². The first-order valence-electron chi connectivity index (χ1n) is 3.92. The van der Waals surface area contributed by atoms with E-state index in [-0.39, 0.29) is 22.4 Å². The number of nitrogens with zero attached hydrogens (tertiary/aromatic N) is 2. The third-order valence-electron chi connectivity index (χ3n) is 1.52. The van der Waals surface area contributed by atoms with Gasteiger partial charge in [-0.15, -0.1) is 13.2 Å². The summed E-state index contributed by atoms with van der Waals surface area (Å²) in [6.45, 7) is -0.264. The highest BCUT2D eigenvalue weighted by molar-refractivity contribution is 9.10. The van der Waals surface area contributed by atoms with Gasteiger partial charge in [-0.1, -0.05) is 0 Å². The topological polar surface area (TPSA) is 71.9 Å². The molecule has 86 valence electrons. The van der Waals surface area contributed by atoms with Crippen molar-refractivity contribution in [3.63, 3.8) is 0 Å². The number of aromatic nitrogens is 1. The lowest BCUT2D eigenvalue weighted by Crippen LogP contribution is -2.20. The van der Waals surface area contributed by atoms with E-state index in [2.05, 4.69) is 25.7 Å². The minimum atomic E-state index is -4.83. The third kappa shape index (κ3) is 3.08. The summed E-state index contributed by atoms with van der Waals surface area (Å²) in [4.78, 5) is 3.61. The second kappa shape index (κ2) is 4.67. The predicted molar refractivity (Wildman–Crippen MR) is 51.2 cm³/mol. The molecule has 0 aliphatic carbocycles. The van der Waals surface area contributed by atoms with Crippen molar-refractivity contribution in [2.24, 2.45) is 5.73 Å². The highest BCUT2D eigenvalue weighted by atomic mass is 79.9. The molecule has 1 aromatic heterocycles. The summed E-state index contributed by atoms with van der Waals surface area (Å²) in [5.74, 6) is -0.519. The van der Waals surface area contributed by atoms with Crippen LogP contribution in [-0.2, 0) is 6.54 Å². The van der Waals surface area contributed by atoms with Crippen LogP contribution in [0.15, 0.2) is 10.5 Å². The van der Waals surface area contributed by atoms with Crippen LogP contribution in [0.5, 0.6) is 5.75 Å². The summed E-state index contributed by atoms with van der Waals surface area (Å²) < 4.78 is 39.9. The number of hydrogen-bond acceptors (Lipinski definition) is 4. The minimum Gasteiger partial charge on any atom is -0.403 e. The first-order chi connectivity index (χ1) is 7.37. The second-order valence-electron chi connectivity index (χ2n) is 2.63. The van der Waals surface area contributed by atoms with Gasteiger partial charge in [0.15, 0.2) is 5.75 Å². The summed E-state index contributed by atoms with van der Waals surface area (Å²) in [5.41, 5.74) is 5.05. The molecule has 8 heteroatoms. The molecule has 16 heavy (non-hydrogen) atoms. The van der Waals surface area contributed by atoms with Crippen LogP contribution in [0.4, 0.5) is 13.2 Å². The molecular weight excluding hydrogens is 291 g/mol. The van der Waals surface area contributed by atoms with Crippen LogP contribution in [0, 0.1) is 11.3 Å². The SMILES string of the molecule is N#Cc1cc(Br)c(OC(F)(F)F)c(CN)n1. The Hall–Kier alpha value is -1.33. The van der Waals surface area contributed by atoms with Gasteiger partial charge in [0.2, 0.25) is 0 Å². The molecule has 2 N–H and O–H groups in total. The largest absolute Gasteiger partial charge is 0.573 e. The fourth-order valence-electron chi connectivity index (χ4n) is 0.971. The molecule has 0 aliphatic rings. The number of nitriles is 1. The van der Waals surface area contributed by atoms with E-state index in [0.717, 1.165) is 6.07 Å². The average molecular weight is 296 g/mol. The fraction of sp³-hybridized carbons (Fsp3) is 0.250. The van der Waals surface area contributed by atoms with Crippen molar-refractivity contribution in [2.75, 3.05) is 0 Å². The highest BCUT2D eigenvalue weighted by Gasteiger charge is 2.33. The average Bonchev–Trinajstić information content (AvgIpc) is 2.19. The Kier molecular flexibility index (Phi) is 3.72. The number of nitrogens with two attached hydrogens (primary N) is 1. The van der Waals surface area contributed by atoms with E-state index in [1.54, 1.807) is 6.07 Å². The maximum absolute atomic E-state index is 12.0. The molecule has 0 spiro atoms. The molecule has 0 saturated carbocycles. The van der Waals surface area contributed by atoms with E-state index >= 15 is 0 Å². The summed E-state index contributed by atoms with van der Waals surface area (Å²) in [5, 5.41) is 8.57. The molecule has 0 atom stereocenters. The molecule has 0 aromatic carbocycles. The summed E-state index contributed by atoms with van der Waals surface area (Å²) in [6, 6.07) is 2.82. The Morgan fingerprint density at radius 1 is 1.56 bits per heavy atom. The van der Waals surface area contributed by atoms with E-state index in [1.165, 1.54) is 0 Å². The zero-order valence-electron chi connectivity index (χ0n) is 7.68. The number of rotatable bonds is 2. The first-order valence-corrected chi connectivity index (χ1v) is 4.72. The van der Waals surface area contributed by atoms with Gasteiger partial charge in [0.05, 0.1) is 10.2 Å². The van der Waals surface area contributed by atoms with Crippen molar-refractivity contribution >= 4 is 15.9 Å². The number of alkyl halides is 3. The minimum absolute atomic E-state index is 0.0168. The quantitative estimate of drug-likeness (QED) is 0.907. The lowest BCUT2D eigenvalue weighted by molar-refractivity contribution is -0.275. The van der Waals surface area contributed by atoms with Crippen LogP contribution in [-0.4, -0.2) is 11.3 Å². The van der Waals surface area contributed by atoms with E-state index in [1.807, 2.05) is 0 Å². The van der Waals surface area contributed by atoms with Gasteiger partial charge in [0.25, 0.3) is 0 Å². The lowest BCUT2D eigenvalue weighted by atomic mass is 10.3. The van der Waals surface area contributed by atoms with E-state index < -0.39 is 12.1 Å². The fourth-order valence-corrected chi connectivity index (χ4v) is 1.50. The van der Waals surface area contributed by atoms with Crippen molar-refractivity contribution in [3.05, 3.63) is 21.9 Å². The van der Waals surface area contributed by atoms with E-state index in [4.69, 9.17) is 11.0 Å². The molecule has 4 nitrogen and oxygen atoms in total. The van der Waals surface area contributed by atoms with Crippen LogP contribution >= 0.6 is 15.9 Å². The van der Waals surface area contributed by atoms with Crippen molar-refractivity contribution in [1.29, 1.82) is 5.26 Å². The Labute approximate surface area is 97.0 Å². The van der Waals surface area contributed by atoms with Crippen molar-refractivity contribution in [1.82, 2.24) is 4.98 Å². The van der Waals surface area contributed by atoms with E-state index in [0.29, 0.717) is 0 Å². The summed E-state index contributed by atoms with van der Waals surface area (Å²) in [6.07, 6.45) is -4.83. The molecule has 0 unspecified atom stereocenters. The maximum atomic E-state index is 12.0. The normalized spacial score (nSPS) is 11.0. The second-order valence-corrected chi connectivity index (χ2v) is 3.48. The molecule has 1 aromatic rings. The molecule has 0 amide bonds. The van der Waals surface area contributed by atoms with Crippen LogP contribution in [0.2, 0.25) is 0 Å². The van der Waals surface area contributed by atoms with Crippen molar-refractivity contribution < 1.29 is 17.9 Å². The Balaban J connectivity index is 3.23. The van der Waals surface area contributed by atoms with Gasteiger partial charge in [-0.3, -0.25) is 0 Å². The van der Waals surface area contributed by atoms with Crippen molar-refractivity contribution in [2.45, 2.75) is 12.9 Å². The van der Waals surface area contributed by atoms with Gasteiger partial charge in [-0.2, -0.15) is 5.26 Å². The molecule has 0 fully saturated rings. The maximum Gasteiger partial charge on any atom is 0.573 e. The van der Waals surface area contributed by atoms with Gasteiger partial charge in [0.1, 0.15) is 11.8 Å². The number of ether oxygens (including phenoxy) is 1. The number of halogens is 4. The first kappa shape index (κ1) is 12.7. The molecule has 0 radical (unpaired) electrons. The van der Waals surface area contributed by atoms with Gasteiger partial charge in [0, 0.05) is 6.54 Å². The number of hydrogen-bond donors (Lipinski definition) is 1. The van der Waals surface area contributed by atoms with Crippen molar-refractivity contribution in [3.8, 4) is 11.8 Å². The molecular formula is C8H5BrF3N3O. The zero-order valence-corrected chi connectivity index (χ0v) is 9.26. The number of pyridine rings is 1.